The summed E-state index contributed by atoms with van der Waals surface area (Å²) >= 11 is 0. The molecule has 0 aliphatic carbocycles. The van der Waals surface area contributed by atoms with E-state index in [1.807, 2.05) is 12.1 Å². The highest BCUT2D eigenvalue weighted by atomic mass is 16.6. The standard InChI is InChI=1S/C11H15NO5/c1-16-11-4-2-9(3-5-11)7-17-8-10(13)6-12(14)15/h2-5,10,13H,6-8H2,1H3. The van der Waals surface area contributed by atoms with E-state index in [9.17, 15) is 15.2 Å². The number of ether oxygens (including phenoxy) is 2. The summed E-state index contributed by atoms with van der Waals surface area (Å²) in [6, 6.07) is 7.26. The van der Waals surface area contributed by atoms with E-state index in [-0.39, 0.29) is 6.61 Å². The van der Waals surface area contributed by atoms with Gasteiger partial charge < -0.3 is 14.6 Å². The third-order valence-corrected chi connectivity index (χ3v) is 2.10. The summed E-state index contributed by atoms with van der Waals surface area (Å²) in [5, 5.41) is 19.3. The maximum atomic E-state index is 10.1. The van der Waals surface area contributed by atoms with E-state index < -0.39 is 17.6 Å². The summed E-state index contributed by atoms with van der Waals surface area (Å²) in [7, 11) is 1.58. The molecular formula is C11H15NO5. The first-order valence-corrected chi connectivity index (χ1v) is 5.12. The Kier molecular flexibility index (Phi) is 5.38. The molecule has 0 fully saturated rings. The third-order valence-electron chi connectivity index (χ3n) is 2.10. The van der Waals surface area contributed by atoms with Crippen LogP contribution in [0.2, 0.25) is 0 Å². The Balaban J connectivity index is 2.28. The van der Waals surface area contributed by atoms with Crippen LogP contribution < -0.4 is 4.74 Å². The monoisotopic (exact) mass is 241 g/mol. The highest BCUT2D eigenvalue weighted by Gasteiger charge is 2.11. The summed E-state index contributed by atoms with van der Waals surface area (Å²) in [6.45, 7) is -0.242. The Labute approximate surface area is 98.9 Å². The molecule has 1 aromatic carbocycles. The molecule has 0 aliphatic heterocycles. The van der Waals surface area contributed by atoms with Crippen molar-refractivity contribution < 1.29 is 19.5 Å². The predicted molar refractivity (Wildman–Crippen MR) is 60.5 cm³/mol. The van der Waals surface area contributed by atoms with E-state index in [1.54, 1.807) is 19.2 Å². The normalized spacial score (nSPS) is 12.1. The highest BCUT2D eigenvalue weighted by molar-refractivity contribution is 5.26. The fraction of sp³-hybridized carbons (Fsp3) is 0.455. The number of rotatable bonds is 7. The van der Waals surface area contributed by atoms with Crippen LogP contribution in [0.1, 0.15) is 5.56 Å². The van der Waals surface area contributed by atoms with Gasteiger partial charge in [0.15, 0.2) is 0 Å². The van der Waals surface area contributed by atoms with Crippen LogP contribution in [0.5, 0.6) is 5.75 Å². The van der Waals surface area contributed by atoms with Gasteiger partial charge in [0.1, 0.15) is 11.9 Å². The Bertz CT molecular complexity index is 351. The lowest BCUT2D eigenvalue weighted by atomic mass is 10.2. The lowest BCUT2D eigenvalue weighted by Crippen LogP contribution is -2.24. The summed E-state index contributed by atoms with van der Waals surface area (Å²) < 4.78 is 10.2. The number of nitro groups is 1. The molecule has 0 spiro atoms. The molecule has 1 unspecified atom stereocenters. The molecule has 94 valence electrons. The lowest BCUT2D eigenvalue weighted by Gasteiger charge is -2.08. The van der Waals surface area contributed by atoms with Crippen molar-refractivity contribution in [3.63, 3.8) is 0 Å². The number of hydrogen-bond donors (Lipinski definition) is 1. The summed E-state index contributed by atoms with van der Waals surface area (Å²) in [5.41, 5.74) is 0.916. The molecule has 0 bridgehead atoms. The van der Waals surface area contributed by atoms with E-state index in [1.165, 1.54) is 0 Å². The van der Waals surface area contributed by atoms with Crippen LogP contribution in [0.4, 0.5) is 0 Å². The van der Waals surface area contributed by atoms with Crippen molar-refractivity contribution in [2.45, 2.75) is 12.7 Å². The van der Waals surface area contributed by atoms with Gasteiger partial charge in [0.2, 0.25) is 6.54 Å². The maximum absolute atomic E-state index is 10.1. The Morgan fingerprint density at radius 3 is 2.59 bits per heavy atom. The molecular weight excluding hydrogens is 226 g/mol. The zero-order chi connectivity index (χ0) is 12.7. The molecule has 1 N–H and O–H groups in total. The van der Waals surface area contributed by atoms with Crippen LogP contribution in [0.3, 0.4) is 0 Å². The van der Waals surface area contributed by atoms with Crippen LogP contribution >= 0.6 is 0 Å². The first-order chi connectivity index (χ1) is 8.11. The molecule has 17 heavy (non-hydrogen) atoms. The fourth-order valence-corrected chi connectivity index (χ4v) is 1.26. The zero-order valence-corrected chi connectivity index (χ0v) is 9.54. The second-order valence-electron chi connectivity index (χ2n) is 3.53. The molecule has 1 atom stereocenters. The van der Waals surface area contributed by atoms with Crippen molar-refractivity contribution in [2.75, 3.05) is 20.3 Å². The minimum absolute atomic E-state index is 0.0486. The molecule has 1 rings (SSSR count). The quantitative estimate of drug-likeness (QED) is 0.565. The van der Waals surface area contributed by atoms with Crippen LogP contribution in [0, 0.1) is 10.1 Å². The predicted octanol–water partition coefficient (Wildman–Crippen LogP) is 0.849. The molecule has 0 aliphatic rings. The number of aliphatic hydroxyl groups excluding tert-OH is 1. The van der Waals surface area contributed by atoms with E-state index in [2.05, 4.69) is 0 Å². The van der Waals surface area contributed by atoms with Crippen LogP contribution in [-0.2, 0) is 11.3 Å². The Morgan fingerprint density at radius 1 is 1.41 bits per heavy atom. The highest BCUT2D eigenvalue weighted by Crippen LogP contribution is 2.11. The first-order valence-electron chi connectivity index (χ1n) is 5.12. The number of aliphatic hydroxyl groups is 1. The minimum Gasteiger partial charge on any atom is -0.497 e. The van der Waals surface area contributed by atoms with Gasteiger partial charge in [-0.25, -0.2) is 0 Å². The Hall–Kier alpha value is -1.66. The van der Waals surface area contributed by atoms with Crippen LogP contribution in [0.15, 0.2) is 24.3 Å². The van der Waals surface area contributed by atoms with Crippen molar-refractivity contribution in [3.05, 3.63) is 39.9 Å². The molecule has 0 saturated carbocycles. The maximum Gasteiger partial charge on any atom is 0.231 e. The second kappa shape index (κ2) is 6.82. The number of nitrogens with zero attached hydrogens (tertiary/aromatic N) is 1. The van der Waals surface area contributed by atoms with Crippen LogP contribution in [0.25, 0.3) is 0 Å². The number of benzene rings is 1. The van der Waals surface area contributed by atoms with E-state index >= 15 is 0 Å². The molecule has 0 heterocycles. The Morgan fingerprint density at radius 2 is 2.06 bits per heavy atom. The minimum atomic E-state index is -1.07. The van der Waals surface area contributed by atoms with E-state index in [0.29, 0.717) is 6.61 Å². The van der Waals surface area contributed by atoms with E-state index in [4.69, 9.17) is 9.47 Å². The van der Waals surface area contributed by atoms with Gasteiger partial charge in [-0.2, -0.15) is 0 Å². The van der Waals surface area contributed by atoms with Crippen molar-refractivity contribution in [1.29, 1.82) is 0 Å². The third kappa shape index (κ3) is 5.28. The van der Waals surface area contributed by atoms with Gasteiger partial charge in [0.25, 0.3) is 0 Å². The molecule has 6 heteroatoms. The first kappa shape index (κ1) is 13.4. The van der Waals surface area contributed by atoms with Gasteiger partial charge in [-0.1, -0.05) is 12.1 Å². The summed E-state index contributed by atoms with van der Waals surface area (Å²) in [4.78, 5) is 9.52. The molecule has 0 saturated heterocycles. The van der Waals surface area contributed by atoms with Crippen molar-refractivity contribution in [3.8, 4) is 5.75 Å². The number of hydrogen-bond acceptors (Lipinski definition) is 5. The van der Waals surface area contributed by atoms with Crippen molar-refractivity contribution in [1.82, 2.24) is 0 Å². The molecule has 6 nitrogen and oxygen atoms in total. The van der Waals surface area contributed by atoms with Gasteiger partial charge in [-0.15, -0.1) is 0 Å². The smallest absolute Gasteiger partial charge is 0.231 e. The molecule has 1 aromatic rings. The number of methoxy groups -OCH3 is 1. The van der Waals surface area contributed by atoms with Gasteiger partial charge in [-0.3, -0.25) is 10.1 Å². The second-order valence-corrected chi connectivity index (χ2v) is 3.53. The van der Waals surface area contributed by atoms with Gasteiger partial charge in [0, 0.05) is 4.92 Å². The van der Waals surface area contributed by atoms with E-state index in [0.717, 1.165) is 11.3 Å². The molecule has 0 aromatic heterocycles. The molecule has 0 amide bonds. The topological polar surface area (TPSA) is 81.8 Å². The van der Waals surface area contributed by atoms with Gasteiger partial charge in [0.05, 0.1) is 20.3 Å². The zero-order valence-electron chi connectivity index (χ0n) is 9.54. The average molecular weight is 241 g/mol. The summed E-state index contributed by atoms with van der Waals surface area (Å²) in [5.74, 6) is 0.752. The molecule has 0 radical (unpaired) electrons. The van der Waals surface area contributed by atoms with Gasteiger partial charge >= 0.3 is 0 Å². The lowest BCUT2D eigenvalue weighted by molar-refractivity contribution is -0.491. The van der Waals surface area contributed by atoms with Crippen molar-refractivity contribution >= 4 is 0 Å². The largest absolute Gasteiger partial charge is 0.497 e. The summed E-state index contributed by atoms with van der Waals surface area (Å²) in [6.07, 6.45) is -1.07. The van der Waals surface area contributed by atoms with Crippen LogP contribution in [-0.4, -0.2) is 36.4 Å². The van der Waals surface area contributed by atoms with Gasteiger partial charge in [-0.05, 0) is 17.7 Å². The SMILES string of the molecule is COc1ccc(COCC(O)C[N+](=O)[O-])cc1. The van der Waals surface area contributed by atoms with Crippen molar-refractivity contribution in [2.24, 2.45) is 0 Å². The fourth-order valence-electron chi connectivity index (χ4n) is 1.26. The average Bonchev–Trinajstić information content (AvgIpc) is 2.29.